The minimum Gasteiger partial charge on any atom is -0.369 e. The predicted octanol–water partition coefficient (Wildman–Crippen LogP) is 2.69. The van der Waals surface area contributed by atoms with Crippen molar-refractivity contribution in [3.05, 3.63) is 48.4 Å². The Kier molecular flexibility index (Phi) is 4.53. The van der Waals surface area contributed by atoms with Crippen LogP contribution in [0.4, 0.5) is 5.69 Å². The van der Waals surface area contributed by atoms with Crippen molar-refractivity contribution < 1.29 is 0 Å². The van der Waals surface area contributed by atoms with Crippen molar-refractivity contribution in [1.82, 2.24) is 19.6 Å². The standard InChI is InChI=1S/C22H27N9/c1-15-18(14-25-29(15)2)19-10-13-30(28-19)16-6-8-17(9-7-16)31-21(24)26-20(23)27-22(31)11-4-3-5-12-22/h6-10,13-14H,3-5,11-12H2,1-2H3,(H4,23,24,26,27). The molecule has 1 spiro atoms. The van der Waals surface area contributed by atoms with E-state index in [1.54, 1.807) is 0 Å². The SMILES string of the molecule is Cc1c(-c2ccn(-c3ccc(N4C(N)=NC(N)=NC45CCCCC5)cc3)n2)cnn1C. The Labute approximate surface area is 181 Å². The second-order valence-electron chi connectivity index (χ2n) is 8.25. The van der Waals surface area contributed by atoms with Gasteiger partial charge < -0.3 is 11.5 Å². The van der Waals surface area contributed by atoms with Crippen molar-refractivity contribution in [2.45, 2.75) is 44.7 Å². The summed E-state index contributed by atoms with van der Waals surface area (Å²) in [5.74, 6) is 0.664. The fourth-order valence-electron chi connectivity index (χ4n) is 4.61. The Bertz CT molecular complexity index is 1160. The summed E-state index contributed by atoms with van der Waals surface area (Å²) in [6, 6.07) is 10.2. The number of hydrogen-bond donors (Lipinski definition) is 2. The number of aliphatic imine (C=N–C) groups is 2. The fourth-order valence-corrected chi connectivity index (χ4v) is 4.61. The summed E-state index contributed by atoms with van der Waals surface area (Å²) >= 11 is 0. The minimum absolute atomic E-state index is 0.266. The lowest BCUT2D eigenvalue weighted by atomic mass is 9.87. The molecule has 5 rings (SSSR count). The minimum atomic E-state index is -0.438. The van der Waals surface area contributed by atoms with Crippen LogP contribution < -0.4 is 16.4 Å². The molecule has 1 aliphatic heterocycles. The lowest BCUT2D eigenvalue weighted by Crippen LogP contribution is -2.58. The van der Waals surface area contributed by atoms with Crippen LogP contribution in [0.1, 0.15) is 37.8 Å². The number of nitrogens with zero attached hydrogens (tertiary/aromatic N) is 7. The van der Waals surface area contributed by atoms with Crippen LogP contribution in [-0.4, -0.2) is 37.1 Å². The summed E-state index contributed by atoms with van der Waals surface area (Å²) < 4.78 is 3.72. The Morgan fingerprint density at radius 2 is 1.68 bits per heavy atom. The Morgan fingerprint density at radius 1 is 0.968 bits per heavy atom. The second kappa shape index (κ2) is 7.26. The molecule has 1 aliphatic carbocycles. The number of aryl methyl sites for hydroxylation is 1. The van der Waals surface area contributed by atoms with E-state index < -0.39 is 5.66 Å². The topological polar surface area (TPSA) is 116 Å². The lowest BCUT2D eigenvalue weighted by molar-refractivity contribution is 0.305. The molecule has 160 valence electrons. The molecule has 1 aromatic carbocycles. The highest BCUT2D eigenvalue weighted by atomic mass is 15.4. The number of nitrogens with two attached hydrogens (primary N) is 2. The number of hydrogen-bond acceptors (Lipinski definition) is 7. The average molecular weight is 418 g/mol. The zero-order chi connectivity index (χ0) is 21.6. The van der Waals surface area contributed by atoms with Crippen LogP contribution in [0.15, 0.2) is 52.7 Å². The van der Waals surface area contributed by atoms with Gasteiger partial charge >= 0.3 is 0 Å². The molecule has 31 heavy (non-hydrogen) atoms. The van der Waals surface area contributed by atoms with Gasteiger partial charge in [0.15, 0.2) is 0 Å². The maximum Gasteiger partial charge on any atom is 0.220 e. The van der Waals surface area contributed by atoms with Crippen LogP contribution in [-0.2, 0) is 7.05 Å². The monoisotopic (exact) mass is 417 g/mol. The summed E-state index contributed by atoms with van der Waals surface area (Å²) in [6.45, 7) is 2.04. The Balaban J connectivity index is 1.45. The first-order chi connectivity index (χ1) is 15.0. The smallest absolute Gasteiger partial charge is 0.220 e. The largest absolute Gasteiger partial charge is 0.369 e. The van der Waals surface area contributed by atoms with Crippen molar-refractivity contribution in [1.29, 1.82) is 0 Å². The van der Waals surface area contributed by atoms with Gasteiger partial charge in [-0.2, -0.15) is 15.2 Å². The van der Waals surface area contributed by atoms with Crippen LogP contribution in [0.5, 0.6) is 0 Å². The highest BCUT2D eigenvalue weighted by Crippen LogP contribution is 2.39. The van der Waals surface area contributed by atoms with Crippen molar-refractivity contribution in [2.24, 2.45) is 28.5 Å². The summed E-state index contributed by atoms with van der Waals surface area (Å²) in [5, 5.41) is 9.05. The molecule has 1 fully saturated rings. The van der Waals surface area contributed by atoms with Gasteiger partial charge in [-0.3, -0.25) is 9.58 Å². The molecule has 2 aliphatic rings. The van der Waals surface area contributed by atoms with Gasteiger partial charge in [-0.1, -0.05) is 6.42 Å². The molecule has 4 N–H and O–H groups in total. The van der Waals surface area contributed by atoms with E-state index >= 15 is 0 Å². The van der Waals surface area contributed by atoms with Crippen molar-refractivity contribution in [3.63, 3.8) is 0 Å². The third kappa shape index (κ3) is 3.26. The van der Waals surface area contributed by atoms with E-state index in [-0.39, 0.29) is 5.96 Å². The molecular formula is C22H27N9. The molecule has 3 aromatic rings. The molecule has 0 amide bonds. The van der Waals surface area contributed by atoms with Crippen LogP contribution in [0, 0.1) is 6.92 Å². The number of guanidine groups is 2. The van der Waals surface area contributed by atoms with Crippen LogP contribution in [0.3, 0.4) is 0 Å². The van der Waals surface area contributed by atoms with Crippen LogP contribution in [0.25, 0.3) is 16.9 Å². The number of aromatic nitrogens is 4. The average Bonchev–Trinajstić information content (AvgIpc) is 3.36. The zero-order valence-electron chi connectivity index (χ0n) is 17.9. The molecule has 0 saturated heterocycles. The summed E-state index contributed by atoms with van der Waals surface area (Å²) in [7, 11) is 1.93. The molecule has 2 aromatic heterocycles. The number of rotatable bonds is 3. The fraction of sp³-hybridized carbons (Fsp3) is 0.364. The number of anilines is 1. The van der Waals surface area contributed by atoms with Crippen molar-refractivity contribution in [3.8, 4) is 16.9 Å². The highest BCUT2D eigenvalue weighted by Gasteiger charge is 2.42. The lowest BCUT2D eigenvalue weighted by Gasteiger charge is -2.45. The first kappa shape index (κ1) is 19.3. The first-order valence-electron chi connectivity index (χ1n) is 10.6. The van der Waals surface area contributed by atoms with Gasteiger partial charge in [0.1, 0.15) is 5.66 Å². The van der Waals surface area contributed by atoms with Crippen LogP contribution in [0.2, 0.25) is 0 Å². The van der Waals surface area contributed by atoms with Gasteiger partial charge in [-0.15, -0.1) is 0 Å². The molecule has 0 atom stereocenters. The zero-order valence-corrected chi connectivity index (χ0v) is 17.9. The molecule has 1 saturated carbocycles. The quantitative estimate of drug-likeness (QED) is 0.680. The van der Waals surface area contributed by atoms with E-state index in [0.717, 1.165) is 54.0 Å². The van der Waals surface area contributed by atoms with E-state index in [1.807, 2.05) is 71.0 Å². The summed E-state index contributed by atoms with van der Waals surface area (Å²) in [5.41, 5.74) is 16.8. The van der Waals surface area contributed by atoms with Gasteiger partial charge in [0.25, 0.3) is 0 Å². The molecule has 0 bridgehead atoms. The van der Waals surface area contributed by atoms with Crippen molar-refractivity contribution >= 4 is 17.6 Å². The molecule has 3 heterocycles. The molecule has 0 unspecified atom stereocenters. The van der Waals surface area contributed by atoms with E-state index in [2.05, 4.69) is 10.1 Å². The van der Waals surface area contributed by atoms with Gasteiger partial charge in [0.2, 0.25) is 11.9 Å². The predicted molar refractivity (Wildman–Crippen MR) is 122 cm³/mol. The third-order valence-electron chi connectivity index (χ3n) is 6.32. The Morgan fingerprint density at radius 3 is 2.35 bits per heavy atom. The van der Waals surface area contributed by atoms with Crippen LogP contribution >= 0.6 is 0 Å². The molecular weight excluding hydrogens is 390 g/mol. The molecule has 0 radical (unpaired) electrons. The molecule has 9 nitrogen and oxygen atoms in total. The maximum absolute atomic E-state index is 6.33. The summed E-state index contributed by atoms with van der Waals surface area (Å²) in [6.07, 6.45) is 9.04. The maximum atomic E-state index is 6.33. The number of benzene rings is 1. The van der Waals surface area contributed by atoms with E-state index in [1.165, 1.54) is 6.42 Å². The highest BCUT2D eigenvalue weighted by molar-refractivity contribution is 6.05. The van der Waals surface area contributed by atoms with E-state index in [4.69, 9.17) is 21.6 Å². The normalized spacial score (nSPS) is 18.2. The first-order valence-corrected chi connectivity index (χ1v) is 10.6. The molecule has 9 heteroatoms. The summed E-state index contributed by atoms with van der Waals surface area (Å²) in [4.78, 5) is 11.0. The van der Waals surface area contributed by atoms with Gasteiger partial charge in [0, 0.05) is 30.2 Å². The second-order valence-corrected chi connectivity index (χ2v) is 8.25. The third-order valence-corrected chi connectivity index (χ3v) is 6.32. The van der Waals surface area contributed by atoms with E-state index in [9.17, 15) is 0 Å². The van der Waals surface area contributed by atoms with Crippen molar-refractivity contribution in [2.75, 3.05) is 4.90 Å². The van der Waals surface area contributed by atoms with Gasteiger partial charge in [0.05, 0.1) is 17.6 Å². The van der Waals surface area contributed by atoms with Gasteiger partial charge in [-0.05, 0) is 62.9 Å². The Hall–Kier alpha value is -3.62. The van der Waals surface area contributed by atoms with E-state index in [0.29, 0.717) is 5.96 Å². The van der Waals surface area contributed by atoms with Gasteiger partial charge in [-0.25, -0.2) is 9.67 Å².